The van der Waals surface area contributed by atoms with Crippen LogP contribution in [0, 0.1) is 17.0 Å². The molecule has 1 heterocycles. The lowest BCUT2D eigenvalue weighted by atomic mass is 10.1. The van der Waals surface area contributed by atoms with E-state index in [0.717, 1.165) is 11.3 Å². The number of carboxylic acid groups (broad SMARTS) is 1. The molecule has 3 aromatic rings. The maximum absolute atomic E-state index is 12.7. The van der Waals surface area contributed by atoms with Crippen molar-refractivity contribution < 1.29 is 23.2 Å². The Balaban J connectivity index is 2.01. The van der Waals surface area contributed by atoms with Crippen LogP contribution in [-0.4, -0.2) is 24.4 Å². The number of hydrogen-bond acceptors (Lipinski definition) is 6. The summed E-state index contributed by atoms with van der Waals surface area (Å²) in [6, 6.07) is 13.3. The summed E-state index contributed by atoms with van der Waals surface area (Å²) in [7, 11) is -3.98. The molecule has 0 fully saturated rings. The molecule has 3 rings (SSSR count). The molecule has 10 heteroatoms. The van der Waals surface area contributed by atoms with Gasteiger partial charge in [0.25, 0.3) is 15.7 Å². The molecule has 0 atom stereocenters. The third-order valence-electron chi connectivity index (χ3n) is 3.92. The summed E-state index contributed by atoms with van der Waals surface area (Å²) in [5, 5.41) is 20.2. The molecule has 1 aromatic heterocycles. The molecule has 0 saturated heterocycles. The van der Waals surface area contributed by atoms with Crippen molar-refractivity contribution in [2.75, 3.05) is 4.72 Å². The molecule has 0 aliphatic carbocycles. The lowest BCUT2D eigenvalue weighted by molar-refractivity contribution is -0.384. The summed E-state index contributed by atoms with van der Waals surface area (Å²) in [5.41, 5.74) is 0.908. The van der Waals surface area contributed by atoms with E-state index in [-0.39, 0.29) is 21.1 Å². The molecular weight excluding hydrogens is 404 g/mol. The molecule has 0 spiro atoms. The Morgan fingerprint density at radius 1 is 1.14 bits per heavy atom. The molecule has 28 heavy (non-hydrogen) atoms. The van der Waals surface area contributed by atoms with E-state index in [9.17, 15) is 28.4 Å². The Hall–Kier alpha value is -3.24. The molecule has 0 bridgehead atoms. The number of non-ortho nitro benzene ring substituents is 1. The number of anilines is 1. The van der Waals surface area contributed by atoms with E-state index in [0.29, 0.717) is 16.0 Å². The van der Waals surface area contributed by atoms with Crippen molar-refractivity contribution in [1.29, 1.82) is 0 Å². The van der Waals surface area contributed by atoms with Gasteiger partial charge in [0, 0.05) is 17.0 Å². The van der Waals surface area contributed by atoms with Gasteiger partial charge in [-0.25, -0.2) is 13.2 Å². The third kappa shape index (κ3) is 3.87. The van der Waals surface area contributed by atoms with Gasteiger partial charge in [-0.1, -0.05) is 18.2 Å². The van der Waals surface area contributed by atoms with Gasteiger partial charge in [0.1, 0.15) is 4.88 Å². The van der Waals surface area contributed by atoms with Crippen LogP contribution in [0.1, 0.15) is 15.2 Å². The van der Waals surface area contributed by atoms with Crippen LogP contribution in [0.15, 0.2) is 59.5 Å². The first kappa shape index (κ1) is 19.5. The maximum Gasteiger partial charge on any atom is 0.348 e. The van der Waals surface area contributed by atoms with Crippen molar-refractivity contribution in [2.45, 2.75) is 11.8 Å². The number of carbonyl (C=O) groups is 1. The van der Waals surface area contributed by atoms with Crippen LogP contribution in [0.5, 0.6) is 0 Å². The average Bonchev–Trinajstić information content (AvgIpc) is 3.05. The molecular formula is C18H14N2O6S2. The van der Waals surface area contributed by atoms with Gasteiger partial charge in [-0.3, -0.25) is 14.8 Å². The van der Waals surface area contributed by atoms with Crippen molar-refractivity contribution in [3.05, 3.63) is 75.2 Å². The zero-order valence-electron chi connectivity index (χ0n) is 14.4. The summed E-state index contributed by atoms with van der Waals surface area (Å²) < 4.78 is 27.7. The number of nitro groups is 1. The van der Waals surface area contributed by atoms with Crippen molar-refractivity contribution in [3.8, 4) is 10.4 Å². The van der Waals surface area contributed by atoms with Crippen molar-refractivity contribution in [2.24, 2.45) is 0 Å². The van der Waals surface area contributed by atoms with Gasteiger partial charge in [-0.2, -0.15) is 0 Å². The second-order valence-corrected chi connectivity index (χ2v) is 8.54. The van der Waals surface area contributed by atoms with E-state index in [1.54, 1.807) is 25.1 Å². The highest BCUT2D eigenvalue weighted by Gasteiger charge is 2.23. The lowest BCUT2D eigenvalue weighted by Gasteiger charge is -2.09. The van der Waals surface area contributed by atoms with Crippen LogP contribution < -0.4 is 4.72 Å². The minimum absolute atomic E-state index is 0.0504. The van der Waals surface area contributed by atoms with Crippen molar-refractivity contribution >= 4 is 38.7 Å². The first-order chi connectivity index (χ1) is 13.2. The third-order valence-corrected chi connectivity index (χ3v) is 6.61. The molecule has 0 radical (unpaired) electrons. The first-order valence-corrected chi connectivity index (χ1v) is 10.2. The van der Waals surface area contributed by atoms with Crippen LogP contribution in [0.4, 0.5) is 11.4 Å². The fraction of sp³-hybridized carbons (Fsp3) is 0.0556. The van der Waals surface area contributed by atoms with Gasteiger partial charge in [0.2, 0.25) is 0 Å². The standard InChI is InChI=1S/C18H14N2O6S2/c1-11-4-2-3-5-16(11)28(25,26)19-14-10-15(27-17(14)18(21)22)12-6-8-13(9-7-12)20(23)24/h2-10,19H,1H3,(H,21,22). The predicted octanol–water partition coefficient (Wildman–Crippen LogP) is 4.13. The largest absolute Gasteiger partial charge is 0.477 e. The van der Waals surface area contributed by atoms with Crippen LogP contribution in [0.3, 0.4) is 0 Å². The minimum atomic E-state index is -3.98. The summed E-state index contributed by atoms with van der Waals surface area (Å²) in [6.45, 7) is 1.64. The molecule has 2 N–H and O–H groups in total. The Bertz CT molecular complexity index is 1170. The number of sulfonamides is 1. The number of thiophene rings is 1. The zero-order chi connectivity index (χ0) is 20.5. The fourth-order valence-electron chi connectivity index (χ4n) is 2.57. The van der Waals surface area contributed by atoms with Gasteiger partial charge in [0.05, 0.1) is 15.5 Å². The van der Waals surface area contributed by atoms with Gasteiger partial charge >= 0.3 is 5.97 Å². The van der Waals surface area contributed by atoms with Gasteiger partial charge in [0.15, 0.2) is 0 Å². The summed E-state index contributed by atoms with van der Waals surface area (Å²) >= 11 is 0.879. The Labute approximate surface area is 164 Å². The van der Waals surface area contributed by atoms with E-state index in [2.05, 4.69) is 4.72 Å². The maximum atomic E-state index is 12.7. The van der Waals surface area contributed by atoms with Crippen LogP contribution in [-0.2, 0) is 10.0 Å². The number of nitro benzene ring substituents is 1. The number of carboxylic acids is 1. The molecule has 0 unspecified atom stereocenters. The Kier molecular flexibility index (Phi) is 5.16. The highest BCUT2D eigenvalue weighted by Crippen LogP contribution is 2.36. The number of nitrogens with zero attached hydrogens (tertiary/aromatic N) is 1. The van der Waals surface area contributed by atoms with Gasteiger partial charge in [-0.15, -0.1) is 11.3 Å². The summed E-state index contributed by atoms with van der Waals surface area (Å²) in [5.74, 6) is -1.28. The lowest BCUT2D eigenvalue weighted by Crippen LogP contribution is -2.15. The van der Waals surface area contributed by atoms with Crippen LogP contribution in [0.25, 0.3) is 10.4 Å². The first-order valence-electron chi connectivity index (χ1n) is 7.89. The van der Waals surface area contributed by atoms with E-state index < -0.39 is 20.9 Å². The molecule has 144 valence electrons. The number of aryl methyl sites for hydroxylation is 1. The zero-order valence-corrected chi connectivity index (χ0v) is 16.1. The number of benzene rings is 2. The van der Waals surface area contributed by atoms with Crippen molar-refractivity contribution in [3.63, 3.8) is 0 Å². The van der Waals surface area contributed by atoms with E-state index in [1.807, 2.05) is 0 Å². The summed E-state index contributed by atoms with van der Waals surface area (Å²) in [6.07, 6.45) is 0. The smallest absolute Gasteiger partial charge is 0.348 e. The Morgan fingerprint density at radius 2 is 1.79 bits per heavy atom. The average molecular weight is 418 g/mol. The van der Waals surface area contributed by atoms with Gasteiger partial charge < -0.3 is 5.11 Å². The van der Waals surface area contributed by atoms with E-state index in [4.69, 9.17) is 0 Å². The Morgan fingerprint density at radius 3 is 2.36 bits per heavy atom. The molecule has 0 aliphatic rings. The normalized spacial score (nSPS) is 11.2. The van der Waals surface area contributed by atoms with Crippen LogP contribution >= 0.6 is 11.3 Å². The second-order valence-electron chi connectivity index (χ2n) is 5.83. The predicted molar refractivity (Wildman–Crippen MR) is 105 cm³/mol. The number of aromatic carboxylic acids is 1. The minimum Gasteiger partial charge on any atom is -0.477 e. The van der Waals surface area contributed by atoms with E-state index in [1.165, 1.54) is 36.4 Å². The topological polar surface area (TPSA) is 127 Å². The monoisotopic (exact) mass is 418 g/mol. The van der Waals surface area contributed by atoms with Crippen LogP contribution in [0.2, 0.25) is 0 Å². The van der Waals surface area contributed by atoms with Crippen molar-refractivity contribution in [1.82, 2.24) is 0 Å². The van der Waals surface area contributed by atoms with E-state index >= 15 is 0 Å². The number of hydrogen-bond donors (Lipinski definition) is 2. The molecule has 2 aromatic carbocycles. The highest BCUT2D eigenvalue weighted by molar-refractivity contribution is 7.92. The van der Waals surface area contributed by atoms with Gasteiger partial charge in [-0.05, 0) is 42.3 Å². The summed E-state index contributed by atoms with van der Waals surface area (Å²) in [4.78, 5) is 22.2. The number of nitrogens with one attached hydrogen (secondary N) is 1. The molecule has 0 saturated carbocycles. The highest BCUT2D eigenvalue weighted by atomic mass is 32.2. The quantitative estimate of drug-likeness (QED) is 0.458. The molecule has 0 amide bonds. The fourth-order valence-corrected chi connectivity index (χ4v) is 4.91. The molecule has 8 nitrogen and oxygen atoms in total. The second kappa shape index (κ2) is 7.41. The number of rotatable bonds is 6. The molecule has 0 aliphatic heterocycles. The SMILES string of the molecule is Cc1ccccc1S(=O)(=O)Nc1cc(-c2ccc([N+](=O)[O-])cc2)sc1C(=O)O.